The number of carbonyl (C=O) groups is 1. The highest BCUT2D eigenvalue weighted by Crippen LogP contribution is 2.48. The molecule has 0 radical (unpaired) electrons. The van der Waals surface area contributed by atoms with Crippen molar-refractivity contribution in [3.05, 3.63) is 58.9 Å². The first-order valence-corrected chi connectivity index (χ1v) is 10.7. The second-order valence-corrected chi connectivity index (χ2v) is 8.41. The third-order valence-corrected chi connectivity index (χ3v) is 6.58. The summed E-state index contributed by atoms with van der Waals surface area (Å²) in [4.78, 5) is 16.8. The van der Waals surface area contributed by atoms with Gasteiger partial charge in [0.2, 0.25) is 0 Å². The largest absolute Gasteiger partial charge is 0.303 e. The standard InChI is InChI=1S/C24H21FN4OS/c1-16-13-19(8-7-18(16)15-27)28-22(30)24(10-4-11-24)29(23(28)31)20-9-6-17(21(25)14-20)5-2-3-12-26/h6-9,13-14H,2-5,10-11H2,1H3. The van der Waals surface area contributed by atoms with Gasteiger partial charge in [-0.2, -0.15) is 10.5 Å². The van der Waals surface area contributed by atoms with Crippen LogP contribution in [0.4, 0.5) is 15.8 Å². The molecule has 1 amide bonds. The normalized spacial score (nSPS) is 16.9. The van der Waals surface area contributed by atoms with Crippen molar-refractivity contribution in [2.24, 2.45) is 0 Å². The van der Waals surface area contributed by atoms with Gasteiger partial charge in [-0.25, -0.2) is 4.39 Å². The van der Waals surface area contributed by atoms with Crippen LogP contribution in [-0.4, -0.2) is 16.6 Å². The molecule has 2 fully saturated rings. The molecule has 0 N–H and O–H groups in total. The van der Waals surface area contributed by atoms with E-state index in [4.69, 9.17) is 17.5 Å². The van der Waals surface area contributed by atoms with Crippen LogP contribution in [0.25, 0.3) is 0 Å². The molecule has 0 aromatic heterocycles. The van der Waals surface area contributed by atoms with E-state index < -0.39 is 5.54 Å². The van der Waals surface area contributed by atoms with E-state index in [9.17, 15) is 14.4 Å². The highest BCUT2D eigenvalue weighted by atomic mass is 32.1. The molecule has 1 saturated heterocycles. The number of halogens is 1. The number of benzene rings is 2. The molecule has 2 aromatic carbocycles. The lowest BCUT2D eigenvalue weighted by atomic mass is 9.75. The van der Waals surface area contributed by atoms with Crippen molar-refractivity contribution in [1.29, 1.82) is 10.5 Å². The Labute approximate surface area is 186 Å². The predicted octanol–water partition coefficient (Wildman–Crippen LogP) is 4.91. The maximum Gasteiger partial charge on any atom is 0.259 e. The van der Waals surface area contributed by atoms with E-state index in [1.165, 1.54) is 11.0 Å². The number of thiocarbonyl (C=S) groups is 1. The van der Waals surface area contributed by atoms with Crippen LogP contribution in [0.3, 0.4) is 0 Å². The molecule has 0 bridgehead atoms. The molecule has 1 aliphatic carbocycles. The summed E-state index contributed by atoms with van der Waals surface area (Å²) in [6.07, 6.45) is 3.69. The Morgan fingerprint density at radius 1 is 1.16 bits per heavy atom. The molecule has 4 rings (SSSR count). The van der Waals surface area contributed by atoms with E-state index >= 15 is 0 Å². The van der Waals surface area contributed by atoms with Crippen LogP contribution in [0.15, 0.2) is 36.4 Å². The van der Waals surface area contributed by atoms with Crippen molar-refractivity contribution >= 4 is 34.6 Å². The number of nitrogens with zero attached hydrogens (tertiary/aromatic N) is 4. The molecule has 1 aliphatic heterocycles. The van der Waals surface area contributed by atoms with Gasteiger partial charge in [-0.15, -0.1) is 0 Å². The molecular weight excluding hydrogens is 411 g/mol. The maximum absolute atomic E-state index is 14.8. The van der Waals surface area contributed by atoms with Gasteiger partial charge < -0.3 is 4.90 Å². The number of aryl methyl sites for hydroxylation is 2. The third kappa shape index (κ3) is 3.36. The number of carbonyl (C=O) groups excluding carboxylic acids is 1. The number of rotatable bonds is 5. The second kappa shape index (κ2) is 8.09. The van der Waals surface area contributed by atoms with Crippen molar-refractivity contribution in [1.82, 2.24) is 0 Å². The van der Waals surface area contributed by atoms with Gasteiger partial charge in [0, 0.05) is 12.1 Å². The molecule has 31 heavy (non-hydrogen) atoms. The first-order chi connectivity index (χ1) is 14.9. The van der Waals surface area contributed by atoms with Crippen molar-refractivity contribution in [3.63, 3.8) is 0 Å². The smallest absolute Gasteiger partial charge is 0.259 e. The molecule has 156 valence electrons. The zero-order valence-electron chi connectivity index (χ0n) is 17.2. The summed E-state index contributed by atoms with van der Waals surface area (Å²) in [5.74, 6) is -0.459. The van der Waals surface area contributed by atoms with Crippen LogP contribution in [0.2, 0.25) is 0 Å². The molecule has 1 heterocycles. The highest BCUT2D eigenvalue weighted by molar-refractivity contribution is 7.81. The van der Waals surface area contributed by atoms with Gasteiger partial charge in [0.25, 0.3) is 5.91 Å². The van der Waals surface area contributed by atoms with E-state index in [0.29, 0.717) is 59.7 Å². The van der Waals surface area contributed by atoms with Crippen LogP contribution in [0, 0.1) is 35.4 Å². The monoisotopic (exact) mass is 432 g/mol. The van der Waals surface area contributed by atoms with Crippen LogP contribution in [0.1, 0.15) is 48.8 Å². The summed E-state index contributed by atoms with van der Waals surface area (Å²) in [6, 6.07) is 14.4. The molecule has 2 aliphatic rings. The summed E-state index contributed by atoms with van der Waals surface area (Å²) in [5.41, 5.74) is 2.27. The minimum atomic E-state index is -0.784. The van der Waals surface area contributed by atoms with Gasteiger partial charge in [-0.05, 0) is 92.7 Å². The second-order valence-electron chi connectivity index (χ2n) is 8.04. The first-order valence-electron chi connectivity index (χ1n) is 10.3. The Morgan fingerprint density at radius 3 is 2.48 bits per heavy atom. The highest BCUT2D eigenvalue weighted by Gasteiger charge is 2.59. The quantitative estimate of drug-likeness (QED) is 0.496. The van der Waals surface area contributed by atoms with Gasteiger partial charge in [0.15, 0.2) is 5.11 Å². The molecule has 1 saturated carbocycles. The Bertz CT molecular complexity index is 1160. The lowest BCUT2D eigenvalue weighted by Gasteiger charge is -2.43. The van der Waals surface area contributed by atoms with Crippen LogP contribution in [-0.2, 0) is 11.2 Å². The number of nitriles is 2. The van der Waals surface area contributed by atoms with Crippen LogP contribution < -0.4 is 9.80 Å². The maximum atomic E-state index is 14.8. The average molecular weight is 433 g/mol. The minimum absolute atomic E-state index is 0.105. The van der Waals surface area contributed by atoms with E-state index in [1.807, 2.05) is 6.92 Å². The van der Waals surface area contributed by atoms with Crippen molar-refractivity contribution in [2.45, 2.75) is 51.0 Å². The predicted molar refractivity (Wildman–Crippen MR) is 120 cm³/mol. The first kappa shape index (κ1) is 21.0. The van der Waals surface area contributed by atoms with Gasteiger partial charge in [0.05, 0.1) is 23.4 Å². The number of amides is 1. The zero-order valence-corrected chi connectivity index (χ0v) is 18.0. The lowest BCUT2D eigenvalue weighted by molar-refractivity contribution is -0.123. The average Bonchev–Trinajstić information content (AvgIpc) is 2.96. The summed E-state index contributed by atoms with van der Waals surface area (Å²) in [5, 5.41) is 18.2. The summed E-state index contributed by atoms with van der Waals surface area (Å²) < 4.78 is 14.8. The topological polar surface area (TPSA) is 71.1 Å². The number of hydrogen-bond acceptors (Lipinski definition) is 4. The van der Waals surface area contributed by atoms with Crippen molar-refractivity contribution < 1.29 is 9.18 Å². The molecular formula is C24H21FN4OS. The Balaban J connectivity index is 1.70. The van der Waals surface area contributed by atoms with E-state index in [0.717, 1.165) is 12.0 Å². The van der Waals surface area contributed by atoms with Gasteiger partial charge >= 0.3 is 0 Å². The Hall–Kier alpha value is -3.29. The fourth-order valence-electron chi connectivity index (χ4n) is 4.36. The zero-order chi connectivity index (χ0) is 22.2. The van der Waals surface area contributed by atoms with Gasteiger partial charge in [-0.1, -0.05) is 6.07 Å². The summed E-state index contributed by atoms with van der Waals surface area (Å²) in [7, 11) is 0. The molecule has 7 heteroatoms. The van der Waals surface area contributed by atoms with E-state index in [2.05, 4.69) is 12.1 Å². The Morgan fingerprint density at radius 2 is 1.90 bits per heavy atom. The van der Waals surface area contributed by atoms with Gasteiger partial charge in [-0.3, -0.25) is 9.69 Å². The van der Waals surface area contributed by atoms with Gasteiger partial charge in [0.1, 0.15) is 11.4 Å². The number of unbranched alkanes of at least 4 members (excludes halogenated alkanes) is 1. The molecule has 5 nitrogen and oxygen atoms in total. The van der Waals surface area contributed by atoms with E-state index in [1.54, 1.807) is 35.2 Å². The summed E-state index contributed by atoms with van der Waals surface area (Å²) in [6.45, 7) is 1.82. The molecule has 1 spiro atoms. The lowest BCUT2D eigenvalue weighted by Crippen LogP contribution is -2.55. The van der Waals surface area contributed by atoms with Crippen LogP contribution >= 0.6 is 12.2 Å². The number of hydrogen-bond donors (Lipinski definition) is 0. The Kier molecular flexibility index (Phi) is 5.47. The SMILES string of the molecule is Cc1cc(N2C(=O)C3(CCC3)N(c3ccc(CCCC#N)c(F)c3)C2=S)ccc1C#N. The third-order valence-electron chi connectivity index (χ3n) is 6.21. The van der Waals surface area contributed by atoms with Crippen molar-refractivity contribution in [3.8, 4) is 12.1 Å². The fourth-order valence-corrected chi connectivity index (χ4v) is 4.82. The summed E-state index contributed by atoms with van der Waals surface area (Å²) >= 11 is 5.73. The minimum Gasteiger partial charge on any atom is -0.303 e. The fraction of sp³-hybridized carbons (Fsp3) is 0.333. The van der Waals surface area contributed by atoms with E-state index in [-0.39, 0.29) is 11.7 Å². The van der Waals surface area contributed by atoms with Crippen LogP contribution in [0.5, 0.6) is 0 Å². The molecule has 2 aromatic rings. The van der Waals surface area contributed by atoms with Crippen molar-refractivity contribution in [2.75, 3.05) is 9.80 Å². The molecule has 0 unspecified atom stereocenters. The number of anilines is 2. The molecule has 0 atom stereocenters.